The van der Waals surface area contributed by atoms with E-state index in [4.69, 9.17) is 5.26 Å². The molecule has 0 saturated carbocycles. The average molecular weight is 209 g/mol. The van der Waals surface area contributed by atoms with Gasteiger partial charge in [-0.2, -0.15) is 5.26 Å². The summed E-state index contributed by atoms with van der Waals surface area (Å²) in [5.41, 5.74) is 5.81. The molecule has 1 rings (SSSR count). The van der Waals surface area contributed by atoms with Crippen molar-refractivity contribution >= 4 is 6.08 Å². The van der Waals surface area contributed by atoms with E-state index in [-0.39, 0.29) is 0 Å². The molecule has 0 aromatic heterocycles. The Bertz CT molecular complexity index is 387. The zero-order valence-electron chi connectivity index (χ0n) is 9.32. The maximum absolute atomic E-state index is 7.51. The number of rotatable bonds is 1. The van der Waals surface area contributed by atoms with Crippen LogP contribution in [0.1, 0.15) is 5.56 Å². The van der Waals surface area contributed by atoms with Crippen molar-refractivity contribution in [2.45, 2.75) is 0 Å². The standard InChI is InChI=1S/C8H8.C4H4.C3H3N/c1-2-8-6-4-3-5-7-8;1-3-4-2;1-2-3-4/h2-7H,1H2;1-2H2;2H,1H2. The van der Waals surface area contributed by atoms with Crippen LogP contribution < -0.4 is 0 Å². The summed E-state index contributed by atoms with van der Waals surface area (Å²) in [5, 5.41) is 7.51. The van der Waals surface area contributed by atoms with Gasteiger partial charge >= 0.3 is 0 Å². The van der Waals surface area contributed by atoms with E-state index in [2.05, 4.69) is 37.8 Å². The third-order valence-corrected chi connectivity index (χ3v) is 1.25. The Labute approximate surface area is 97.7 Å². The first-order chi connectivity index (χ1) is 7.76. The summed E-state index contributed by atoms with van der Waals surface area (Å²) in [7, 11) is 0. The second kappa shape index (κ2) is 15.0. The predicted octanol–water partition coefficient (Wildman–Crippen LogP) is 4.14. The SMILES string of the molecule is C=C=C=C.C=CC#N.C=Cc1ccccc1. The van der Waals surface area contributed by atoms with Gasteiger partial charge in [-0.15, -0.1) is 0 Å². The van der Waals surface area contributed by atoms with E-state index in [1.54, 1.807) is 6.07 Å². The van der Waals surface area contributed by atoms with Crippen molar-refractivity contribution in [3.05, 3.63) is 79.7 Å². The highest BCUT2D eigenvalue weighted by Crippen LogP contribution is 1.97. The molecular formula is C15H15N. The number of hydrogen-bond acceptors (Lipinski definition) is 1. The molecule has 80 valence electrons. The molecule has 0 aliphatic carbocycles. The minimum Gasteiger partial charge on any atom is -0.193 e. The van der Waals surface area contributed by atoms with E-state index in [9.17, 15) is 0 Å². The van der Waals surface area contributed by atoms with Gasteiger partial charge in [0.2, 0.25) is 0 Å². The summed E-state index contributed by atoms with van der Waals surface area (Å²) in [6, 6.07) is 11.7. The Morgan fingerprint density at radius 2 is 1.44 bits per heavy atom. The highest BCUT2D eigenvalue weighted by Gasteiger charge is 1.75. The van der Waals surface area contributed by atoms with Gasteiger partial charge in [0.25, 0.3) is 0 Å². The van der Waals surface area contributed by atoms with Gasteiger partial charge in [0.1, 0.15) is 0 Å². The zero-order chi connectivity index (χ0) is 12.6. The van der Waals surface area contributed by atoms with Crippen molar-refractivity contribution < 1.29 is 0 Å². The number of nitrogens with zero attached hydrogens (tertiary/aromatic N) is 1. The topological polar surface area (TPSA) is 23.8 Å². The van der Waals surface area contributed by atoms with Gasteiger partial charge in [-0.05, 0) is 18.7 Å². The lowest BCUT2D eigenvalue weighted by atomic mass is 10.2. The molecule has 0 N–H and O–H groups in total. The zero-order valence-corrected chi connectivity index (χ0v) is 9.32. The molecule has 0 atom stereocenters. The Kier molecular flexibility index (Phi) is 14.9. The summed E-state index contributed by atoms with van der Waals surface area (Å²) >= 11 is 0. The molecule has 0 spiro atoms. The maximum atomic E-state index is 7.51. The molecule has 1 heteroatoms. The molecule has 16 heavy (non-hydrogen) atoms. The van der Waals surface area contributed by atoms with E-state index >= 15 is 0 Å². The smallest absolute Gasteiger partial charge is 0.0905 e. The maximum Gasteiger partial charge on any atom is 0.0905 e. The fourth-order valence-electron chi connectivity index (χ4n) is 0.589. The summed E-state index contributed by atoms with van der Waals surface area (Å²) in [6.45, 7) is 13.1. The first kappa shape index (κ1) is 15.9. The second-order valence-electron chi connectivity index (χ2n) is 2.30. The molecule has 0 unspecified atom stereocenters. The van der Waals surface area contributed by atoms with Gasteiger partial charge in [-0.1, -0.05) is 61.0 Å². The van der Waals surface area contributed by atoms with Gasteiger partial charge < -0.3 is 0 Å². The van der Waals surface area contributed by atoms with Crippen LogP contribution in [0.15, 0.2) is 74.2 Å². The molecule has 0 aliphatic heterocycles. The second-order valence-corrected chi connectivity index (χ2v) is 2.30. The van der Waals surface area contributed by atoms with Crippen molar-refractivity contribution in [1.29, 1.82) is 5.26 Å². The fraction of sp³-hybridized carbons (Fsp3) is 0. The Balaban J connectivity index is 0. The largest absolute Gasteiger partial charge is 0.193 e. The van der Waals surface area contributed by atoms with Crippen LogP contribution in [0.2, 0.25) is 0 Å². The quantitative estimate of drug-likeness (QED) is 0.503. The van der Waals surface area contributed by atoms with E-state index < -0.39 is 0 Å². The van der Waals surface area contributed by atoms with Crippen molar-refractivity contribution in [1.82, 2.24) is 0 Å². The molecule has 1 nitrogen and oxygen atoms in total. The average Bonchev–Trinajstić information content (AvgIpc) is 2.40. The van der Waals surface area contributed by atoms with Gasteiger partial charge in [-0.25, -0.2) is 0 Å². The fourth-order valence-corrected chi connectivity index (χ4v) is 0.589. The summed E-state index contributed by atoms with van der Waals surface area (Å²) in [5.74, 6) is 0. The molecule has 1 aromatic carbocycles. The minimum atomic E-state index is 1.17. The normalized spacial score (nSPS) is 5.94. The van der Waals surface area contributed by atoms with Gasteiger partial charge in [0.05, 0.1) is 6.07 Å². The van der Waals surface area contributed by atoms with Crippen LogP contribution in [0.5, 0.6) is 0 Å². The molecular weight excluding hydrogens is 194 g/mol. The first-order valence-electron chi connectivity index (χ1n) is 4.49. The van der Waals surface area contributed by atoms with Crippen LogP contribution in [0.3, 0.4) is 0 Å². The van der Waals surface area contributed by atoms with Gasteiger partial charge in [-0.3, -0.25) is 0 Å². The highest BCUT2D eigenvalue weighted by molar-refractivity contribution is 5.45. The van der Waals surface area contributed by atoms with Crippen LogP contribution in [0, 0.1) is 11.3 Å². The first-order valence-corrected chi connectivity index (χ1v) is 4.49. The molecule has 0 bridgehead atoms. The Morgan fingerprint density at radius 1 is 1.00 bits per heavy atom. The van der Waals surface area contributed by atoms with E-state index in [1.165, 1.54) is 11.6 Å². The lowest BCUT2D eigenvalue weighted by Gasteiger charge is -1.85. The van der Waals surface area contributed by atoms with Crippen LogP contribution in [-0.2, 0) is 0 Å². The third kappa shape index (κ3) is 14.0. The molecule has 0 fully saturated rings. The molecule has 0 radical (unpaired) electrons. The van der Waals surface area contributed by atoms with Crippen LogP contribution in [0.25, 0.3) is 6.08 Å². The Hall–Kier alpha value is -2.51. The van der Waals surface area contributed by atoms with Crippen molar-refractivity contribution in [2.24, 2.45) is 0 Å². The molecule has 1 aromatic rings. The number of benzene rings is 1. The van der Waals surface area contributed by atoms with E-state index in [1.807, 2.05) is 36.4 Å². The lowest BCUT2D eigenvalue weighted by Crippen LogP contribution is -1.63. The third-order valence-electron chi connectivity index (χ3n) is 1.25. The van der Waals surface area contributed by atoms with Crippen molar-refractivity contribution in [3.8, 4) is 6.07 Å². The highest BCUT2D eigenvalue weighted by atomic mass is 14.2. The Morgan fingerprint density at radius 3 is 1.62 bits per heavy atom. The van der Waals surface area contributed by atoms with E-state index in [0.29, 0.717) is 0 Å². The number of allylic oxidation sites excluding steroid dienone is 1. The molecule has 0 saturated heterocycles. The summed E-state index contributed by atoms with van der Waals surface area (Å²) in [4.78, 5) is 0. The van der Waals surface area contributed by atoms with Crippen LogP contribution >= 0.6 is 0 Å². The monoisotopic (exact) mass is 209 g/mol. The van der Waals surface area contributed by atoms with Crippen molar-refractivity contribution in [3.63, 3.8) is 0 Å². The summed E-state index contributed by atoms with van der Waals surface area (Å²) in [6.07, 6.45) is 3.01. The van der Waals surface area contributed by atoms with Crippen molar-refractivity contribution in [2.75, 3.05) is 0 Å². The molecule has 0 aliphatic rings. The van der Waals surface area contributed by atoms with Crippen LogP contribution in [-0.4, -0.2) is 0 Å². The number of hydrogen-bond donors (Lipinski definition) is 0. The predicted molar refractivity (Wildman–Crippen MR) is 70.6 cm³/mol. The number of nitriles is 1. The van der Waals surface area contributed by atoms with Gasteiger partial charge in [0, 0.05) is 6.08 Å². The van der Waals surface area contributed by atoms with E-state index in [0.717, 1.165) is 0 Å². The van der Waals surface area contributed by atoms with Gasteiger partial charge in [0.15, 0.2) is 0 Å². The molecule has 0 amide bonds. The minimum absolute atomic E-state index is 1.17. The van der Waals surface area contributed by atoms with Crippen LogP contribution in [0.4, 0.5) is 0 Å². The lowest BCUT2D eigenvalue weighted by molar-refractivity contribution is 1.54. The summed E-state index contributed by atoms with van der Waals surface area (Å²) < 4.78 is 0. The molecule has 0 heterocycles.